The average Bonchev–Trinajstić information content (AvgIpc) is 2.73. The van der Waals surface area contributed by atoms with Gasteiger partial charge in [0.05, 0.1) is 24.2 Å². The summed E-state index contributed by atoms with van der Waals surface area (Å²) < 4.78 is 57.2. The standard InChI is InChI=1S/C24H24F3NO5/c1-14-3-4-16(20(5-14)24(25,26)27)13-32-18-7-21(31-2)19-6-15(12-33-22(19)8-18)9-28-10-17(11-28)23(29)30/h3-8,17H,9-13H2,1-2H3,(H,29,30). The molecule has 33 heavy (non-hydrogen) atoms. The van der Waals surface area contributed by atoms with Crippen molar-refractivity contribution in [1.29, 1.82) is 0 Å². The van der Waals surface area contributed by atoms with Crippen molar-refractivity contribution in [1.82, 2.24) is 4.90 Å². The van der Waals surface area contributed by atoms with E-state index in [1.807, 2.05) is 11.0 Å². The maximum Gasteiger partial charge on any atom is 0.416 e. The van der Waals surface area contributed by atoms with Crippen LogP contribution in [0.5, 0.6) is 17.2 Å². The number of methoxy groups -OCH3 is 1. The first-order valence-electron chi connectivity index (χ1n) is 10.4. The van der Waals surface area contributed by atoms with Crippen molar-refractivity contribution in [3.05, 3.63) is 58.2 Å². The molecule has 9 heteroatoms. The van der Waals surface area contributed by atoms with Gasteiger partial charge >= 0.3 is 12.1 Å². The summed E-state index contributed by atoms with van der Waals surface area (Å²) >= 11 is 0. The molecule has 6 nitrogen and oxygen atoms in total. The number of hydrogen-bond donors (Lipinski definition) is 1. The second kappa shape index (κ2) is 8.97. The highest BCUT2D eigenvalue weighted by Crippen LogP contribution is 2.39. The summed E-state index contributed by atoms with van der Waals surface area (Å²) in [4.78, 5) is 13.0. The van der Waals surface area contributed by atoms with Gasteiger partial charge in [-0.3, -0.25) is 9.69 Å². The van der Waals surface area contributed by atoms with Crippen LogP contribution >= 0.6 is 0 Å². The Morgan fingerprint density at radius 1 is 1.24 bits per heavy atom. The van der Waals surface area contributed by atoms with Crippen LogP contribution < -0.4 is 14.2 Å². The molecule has 0 radical (unpaired) electrons. The van der Waals surface area contributed by atoms with Crippen molar-refractivity contribution >= 4 is 12.0 Å². The minimum atomic E-state index is -4.47. The van der Waals surface area contributed by atoms with Gasteiger partial charge in [-0.2, -0.15) is 13.2 Å². The Labute approximate surface area is 189 Å². The summed E-state index contributed by atoms with van der Waals surface area (Å²) in [5.41, 5.74) is 1.55. The van der Waals surface area contributed by atoms with Gasteiger partial charge in [0.1, 0.15) is 30.5 Å². The predicted molar refractivity (Wildman–Crippen MR) is 115 cm³/mol. The first-order chi connectivity index (χ1) is 15.6. The van der Waals surface area contributed by atoms with E-state index >= 15 is 0 Å². The van der Waals surface area contributed by atoms with Gasteiger partial charge < -0.3 is 19.3 Å². The van der Waals surface area contributed by atoms with Crippen molar-refractivity contribution in [2.45, 2.75) is 19.7 Å². The number of aliphatic carboxylic acids is 1. The molecular formula is C24H24F3NO5. The molecule has 2 aromatic carbocycles. The highest BCUT2D eigenvalue weighted by atomic mass is 19.4. The fourth-order valence-electron chi connectivity index (χ4n) is 3.98. The molecule has 2 heterocycles. The Hall–Kier alpha value is -3.20. The molecule has 4 rings (SSSR count). The minimum Gasteiger partial charge on any atom is -0.496 e. The minimum absolute atomic E-state index is 0.0436. The van der Waals surface area contributed by atoms with Gasteiger partial charge in [0.25, 0.3) is 0 Å². The molecule has 0 spiro atoms. The highest BCUT2D eigenvalue weighted by molar-refractivity contribution is 5.72. The van der Waals surface area contributed by atoms with E-state index in [0.29, 0.717) is 54.6 Å². The molecule has 0 unspecified atom stereocenters. The smallest absolute Gasteiger partial charge is 0.416 e. The normalized spacial score (nSPS) is 16.3. The number of fused-ring (bicyclic) bond motifs is 1. The van der Waals surface area contributed by atoms with Crippen LogP contribution in [-0.2, 0) is 17.6 Å². The quantitative estimate of drug-likeness (QED) is 0.657. The molecule has 1 N–H and O–H groups in total. The van der Waals surface area contributed by atoms with Gasteiger partial charge in [0.15, 0.2) is 0 Å². The Morgan fingerprint density at radius 2 is 2.00 bits per heavy atom. The summed E-state index contributed by atoms with van der Waals surface area (Å²) in [6.07, 6.45) is -2.53. The fourth-order valence-corrected chi connectivity index (χ4v) is 3.98. The number of rotatable bonds is 7. The van der Waals surface area contributed by atoms with E-state index in [9.17, 15) is 18.0 Å². The Kier molecular flexibility index (Phi) is 6.25. The lowest BCUT2D eigenvalue weighted by Crippen LogP contribution is -2.51. The molecule has 0 aromatic heterocycles. The third kappa shape index (κ3) is 5.08. The second-order valence-corrected chi connectivity index (χ2v) is 8.30. The van der Waals surface area contributed by atoms with E-state index < -0.39 is 17.7 Å². The van der Waals surface area contributed by atoms with Gasteiger partial charge in [-0.05, 0) is 24.6 Å². The van der Waals surface area contributed by atoms with Crippen molar-refractivity contribution in [3.63, 3.8) is 0 Å². The highest BCUT2D eigenvalue weighted by Gasteiger charge is 2.34. The van der Waals surface area contributed by atoms with E-state index in [-0.39, 0.29) is 18.1 Å². The molecule has 2 aliphatic rings. The van der Waals surface area contributed by atoms with Gasteiger partial charge in [-0.15, -0.1) is 0 Å². The van der Waals surface area contributed by atoms with Crippen LogP contribution in [0.3, 0.4) is 0 Å². The van der Waals surface area contributed by atoms with Crippen LogP contribution in [0.1, 0.15) is 22.3 Å². The fraction of sp³-hybridized carbons (Fsp3) is 0.375. The van der Waals surface area contributed by atoms with Crippen molar-refractivity contribution in [2.24, 2.45) is 5.92 Å². The van der Waals surface area contributed by atoms with E-state index in [2.05, 4.69) is 0 Å². The summed E-state index contributed by atoms with van der Waals surface area (Å²) in [5.74, 6) is 0.214. The molecule has 176 valence electrons. The largest absolute Gasteiger partial charge is 0.496 e. The monoisotopic (exact) mass is 463 g/mol. The van der Waals surface area contributed by atoms with Gasteiger partial charge in [-0.25, -0.2) is 0 Å². The first-order valence-corrected chi connectivity index (χ1v) is 10.4. The number of ether oxygens (including phenoxy) is 3. The number of alkyl halides is 3. The summed E-state index contributed by atoms with van der Waals surface area (Å²) in [7, 11) is 1.50. The lowest BCUT2D eigenvalue weighted by Gasteiger charge is -2.37. The van der Waals surface area contributed by atoms with E-state index in [0.717, 1.165) is 11.6 Å². The number of benzene rings is 2. The van der Waals surface area contributed by atoms with Crippen LogP contribution in [0.15, 0.2) is 35.9 Å². The number of likely N-dealkylation sites (tertiary alicyclic amines) is 1. The number of halogens is 3. The zero-order valence-electron chi connectivity index (χ0n) is 18.2. The molecular weight excluding hydrogens is 439 g/mol. The Morgan fingerprint density at radius 3 is 2.67 bits per heavy atom. The first kappa shape index (κ1) is 23.0. The van der Waals surface area contributed by atoms with E-state index in [4.69, 9.17) is 19.3 Å². The predicted octanol–water partition coefficient (Wildman–Crippen LogP) is 4.39. The molecule has 0 atom stereocenters. The average molecular weight is 463 g/mol. The SMILES string of the molecule is COc1cc(OCc2ccc(C)cc2C(F)(F)F)cc2c1C=C(CN1CC(C(=O)O)C1)CO2. The van der Waals surface area contributed by atoms with Crippen molar-refractivity contribution < 1.29 is 37.3 Å². The summed E-state index contributed by atoms with van der Waals surface area (Å²) in [5, 5.41) is 9.01. The van der Waals surface area contributed by atoms with Crippen LogP contribution in [0.2, 0.25) is 0 Å². The number of nitrogens with zero attached hydrogens (tertiary/aromatic N) is 1. The third-order valence-electron chi connectivity index (χ3n) is 5.76. The van der Waals surface area contributed by atoms with Crippen LogP contribution in [-0.4, -0.2) is 49.3 Å². The number of carboxylic acid groups (broad SMARTS) is 1. The number of hydrogen-bond acceptors (Lipinski definition) is 5. The van der Waals surface area contributed by atoms with Crippen molar-refractivity contribution in [3.8, 4) is 17.2 Å². The van der Waals surface area contributed by atoms with Gasteiger partial charge in [0.2, 0.25) is 0 Å². The van der Waals surface area contributed by atoms with Gasteiger partial charge in [-0.1, -0.05) is 17.7 Å². The topological polar surface area (TPSA) is 68.2 Å². The second-order valence-electron chi connectivity index (χ2n) is 8.30. The molecule has 2 aliphatic heterocycles. The molecule has 0 saturated carbocycles. The third-order valence-corrected chi connectivity index (χ3v) is 5.76. The summed E-state index contributed by atoms with van der Waals surface area (Å²) in [6, 6.07) is 7.40. The van der Waals surface area contributed by atoms with E-state index in [1.54, 1.807) is 25.1 Å². The number of carboxylic acids is 1. The van der Waals surface area contributed by atoms with Crippen LogP contribution in [0.25, 0.3) is 6.08 Å². The lowest BCUT2D eigenvalue weighted by atomic mass is 9.98. The molecule has 1 fully saturated rings. The number of aryl methyl sites for hydroxylation is 1. The molecule has 2 aromatic rings. The lowest BCUT2D eigenvalue weighted by molar-refractivity contribution is -0.147. The Bertz CT molecular complexity index is 1090. The molecule has 0 amide bonds. The van der Waals surface area contributed by atoms with Crippen molar-refractivity contribution in [2.75, 3.05) is 33.4 Å². The molecule has 1 saturated heterocycles. The zero-order chi connectivity index (χ0) is 23.8. The zero-order valence-corrected chi connectivity index (χ0v) is 18.2. The maximum atomic E-state index is 13.4. The van der Waals surface area contributed by atoms with Crippen LogP contribution in [0.4, 0.5) is 13.2 Å². The summed E-state index contributed by atoms with van der Waals surface area (Å²) in [6.45, 7) is 3.28. The molecule has 0 bridgehead atoms. The van der Waals surface area contributed by atoms with E-state index in [1.165, 1.54) is 13.2 Å². The molecule has 0 aliphatic carbocycles. The Balaban J connectivity index is 1.49. The number of carbonyl (C=O) groups is 1. The maximum absolute atomic E-state index is 13.4. The van der Waals surface area contributed by atoms with Gasteiger partial charge in [0, 0.05) is 37.3 Å². The van der Waals surface area contributed by atoms with Crippen LogP contribution in [0, 0.1) is 12.8 Å².